The standard InChI is InChI=1S/C15H12BrN3O5/c1-24-14-12(20)7-6-9(13(14)19(22)23)8-17-18-15(21)10-4-2-3-5-11(10)16/h2-8,20H,1H3,(H,18,21)/b17-8-. The molecule has 2 aromatic carbocycles. The third-order valence-electron chi connectivity index (χ3n) is 3.02. The van der Waals surface area contributed by atoms with Crippen molar-refractivity contribution in [2.45, 2.75) is 0 Å². The molecule has 0 aliphatic carbocycles. The summed E-state index contributed by atoms with van der Waals surface area (Å²) in [5.41, 5.74) is 2.27. The molecule has 0 aromatic heterocycles. The quantitative estimate of drug-likeness (QED) is 0.460. The second kappa shape index (κ2) is 7.55. The summed E-state index contributed by atoms with van der Waals surface area (Å²) in [5.74, 6) is -1.12. The predicted octanol–water partition coefficient (Wildman–Crippen LogP) is 2.84. The Hall–Kier alpha value is -2.94. The van der Waals surface area contributed by atoms with Crippen molar-refractivity contribution in [3.8, 4) is 11.5 Å². The first kappa shape index (κ1) is 17.4. The van der Waals surface area contributed by atoms with Crippen LogP contribution in [0.3, 0.4) is 0 Å². The van der Waals surface area contributed by atoms with Crippen LogP contribution in [0.2, 0.25) is 0 Å². The molecule has 0 heterocycles. The Morgan fingerprint density at radius 2 is 2.08 bits per heavy atom. The SMILES string of the molecule is COc1c(O)ccc(/C=N\NC(=O)c2ccccc2Br)c1[N+](=O)[O-]. The molecule has 2 aromatic rings. The number of nitrogens with one attached hydrogen (secondary N) is 1. The highest BCUT2D eigenvalue weighted by molar-refractivity contribution is 9.10. The van der Waals surface area contributed by atoms with Crippen LogP contribution in [0, 0.1) is 10.1 Å². The van der Waals surface area contributed by atoms with Gasteiger partial charge in [0.2, 0.25) is 5.75 Å². The summed E-state index contributed by atoms with van der Waals surface area (Å²) < 4.78 is 5.44. The zero-order valence-electron chi connectivity index (χ0n) is 12.4. The van der Waals surface area contributed by atoms with E-state index in [1.165, 1.54) is 19.2 Å². The molecule has 0 saturated heterocycles. The number of nitro groups is 1. The highest BCUT2D eigenvalue weighted by Gasteiger charge is 2.23. The number of carbonyl (C=O) groups is 1. The molecule has 0 radical (unpaired) electrons. The van der Waals surface area contributed by atoms with Crippen LogP contribution < -0.4 is 10.2 Å². The van der Waals surface area contributed by atoms with Gasteiger partial charge in [0, 0.05) is 4.47 Å². The Morgan fingerprint density at radius 1 is 1.38 bits per heavy atom. The Bertz CT molecular complexity index is 823. The molecular weight excluding hydrogens is 382 g/mol. The molecule has 2 rings (SSSR count). The summed E-state index contributed by atoms with van der Waals surface area (Å²) in [6.45, 7) is 0. The van der Waals surface area contributed by atoms with E-state index in [9.17, 15) is 20.0 Å². The maximum Gasteiger partial charge on any atom is 0.323 e. The molecule has 0 aliphatic heterocycles. The van der Waals surface area contributed by atoms with Crippen LogP contribution in [0.4, 0.5) is 5.69 Å². The number of nitro benzene ring substituents is 1. The molecule has 2 N–H and O–H groups in total. The highest BCUT2D eigenvalue weighted by atomic mass is 79.9. The summed E-state index contributed by atoms with van der Waals surface area (Å²) in [6, 6.07) is 9.29. The maximum atomic E-state index is 12.0. The number of amides is 1. The van der Waals surface area contributed by atoms with Gasteiger partial charge in [-0.15, -0.1) is 0 Å². The van der Waals surface area contributed by atoms with E-state index >= 15 is 0 Å². The lowest BCUT2D eigenvalue weighted by molar-refractivity contribution is -0.386. The number of methoxy groups -OCH3 is 1. The molecule has 24 heavy (non-hydrogen) atoms. The van der Waals surface area contributed by atoms with E-state index in [0.717, 1.165) is 6.21 Å². The van der Waals surface area contributed by atoms with Gasteiger partial charge in [-0.1, -0.05) is 12.1 Å². The lowest BCUT2D eigenvalue weighted by atomic mass is 10.1. The molecular formula is C15H12BrN3O5. The summed E-state index contributed by atoms with van der Waals surface area (Å²) in [4.78, 5) is 22.5. The number of hydrogen-bond acceptors (Lipinski definition) is 6. The summed E-state index contributed by atoms with van der Waals surface area (Å²) in [5, 5.41) is 24.5. The number of benzene rings is 2. The summed E-state index contributed by atoms with van der Waals surface area (Å²) in [7, 11) is 1.21. The normalized spacial score (nSPS) is 10.6. The van der Waals surface area contributed by atoms with Gasteiger partial charge >= 0.3 is 5.69 Å². The number of phenols is 1. The van der Waals surface area contributed by atoms with Crippen molar-refractivity contribution in [2.75, 3.05) is 7.11 Å². The number of hydrazone groups is 1. The van der Waals surface area contributed by atoms with Crippen molar-refractivity contribution >= 4 is 33.7 Å². The monoisotopic (exact) mass is 393 g/mol. The van der Waals surface area contributed by atoms with E-state index in [1.54, 1.807) is 24.3 Å². The van der Waals surface area contributed by atoms with Gasteiger partial charge in [-0.25, -0.2) is 5.43 Å². The fraction of sp³-hybridized carbons (Fsp3) is 0.0667. The van der Waals surface area contributed by atoms with Gasteiger partial charge in [0.1, 0.15) is 0 Å². The Morgan fingerprint density at radius 3 is 2.71 bits per heavy atom. The van der Waals surface area contributed by atoms with Crippen molar-refractivity contribution in [1.82, 2.24) is 5.43 Å². The molecule has 0 fully saturated rings. The fourth-order valence-electron chi connectivity index (χ4n) is 1.94. The summed E-state index contributed by atoms with van der Waals surface area (Å²) >= 11 is 3.24. The minimum absolute atomic E-state index is 0.0714. The van der Waals surface area contributed by atoms with Crippen LogP contribution in [0.1, 0.15) is 15.9 Å². The minimum Gasteiger partial charge on any atom is -0.504 e. The largest absolute Gasteiger partial charge is 0.504 e. The van der Waals surface area contributed by atoms with Crippen molar-refractivity contribution < 1.29 is 19.6 Å². The van der Waals surface area contributed by atoms with Crippen LogP contribution in [-0.2, 0) is 0 Å². The molecule has 0 atom stereocenters. The van der Waals surface area contributed by atoms with E-state index in [4.69, 9.17) is 4.74 Å². The first-order chi connectivity index (χ1) is 11.5. The second-order valence-electron chi connectivity index (χ2n) is 4.49. The van der Waals surface area contributed by atoms with Gasteiger partial charge in [-0.3, -0.25) is 14.9 Å². The van der Waals surface area contributed by atoms with Gasteiger partial charge in [0.25, 0.3) is 5.91 Å². The molecule has 0 saturated carbocycles. The number of ether oxygens (including phenoxy) is 1. The molecule has 0 bridgehead atoms. The van der Waals surface area contributed by atoms with E-state index in [1.807, 2.05) is 0 Å². The average Bonchev–Trinajstić information content (AvgIpc) is 2.55. The first-order valence-corrected chi connectivity index (χ1v) is 7.37. The van der Waals surface area contributed by atoms with Crippen molar-refractivity contribution in [1.29, 1.82) is 0 Å². The lowest BCUT2D eigenvalue weighted by Gasteiger charge is -2.06. The van der Waals surface area contributed by atoms with Crippen molar-refractivity contribution in [3.05, 3.63) is 62.1 Å². The number of hydrogen-bond donors (Lipinski definition) is 2. The van der Waals surface area contributed by atoms with E-state index < -0.39 is 16.5 Å². The van der Waals surface area contributed by atoms with Crippen LogP contribution in [0.15, 0.2) is 46.0 Å². The molecule has 0 unspecified atom stereocenters. The first-order valence-electron chi connectivity index (χ1n) is 6.58. The number of aromatic hydroxyl groups is 1. The molecule has 8 nitrogen and oxygen atoms in total. The van der Waals surface area contributed by atoms with E-state index in [0.29, 0.717) is 10.0 Å². The average molecular weight is 394 g/mol. The highest BCUT2D eigenvalue weighted by Crippen LogP contribution is 2.37. The van der Waals surface area contributed by atoms with Crippen LogP contribution in [-0.4, -0.2) is 29.3 Å². The van der Waals surface area contributed by atoms with E-state index in [2.05, 4.69) is 26.5 Å². The molecule has 9 heteroatoms. The number of nitrogens with zero attached hydrogens (tertiary/aromatic N) is 2. The molecule has 124 valence electrons. The second-order valence-corrected chi connectivity index (χ2v) is 5.35. The molecule has 1 amide bonds. The van der Waals surface area contributed by atoms with Gasteiger partial charge in [-0.05, 0) is 40.2 Å². The third-order valence-corrected chi connectivity index (χ3v) is 3.71. The number of halogens is 1. The smallest absolute Gasteiger partial charge is 0.323 e. The lowest BCUT2D eigenvalue weighted by Crippen LogP contribution is -2.18. The van der Waals surface area contributed by atoms with Crippen LogP contribution in [0.25, 0.3) is 0 Å². The van der Waals surface area contributed by atoms with Crippen LogP contribution in [0.5, 0.6) is 11.5 Å². The number of rotatable bonds is 5. The van der Waals surface area contributed by atoms with Gasteiger partial charge in [-0.2, -0.15) is 5.10 Å². The Kier molecular flexibility index (Phi) is 5.48. The zero-order valence-corrected chi connectivity index (χ0v) is 14.0. The molecule has 0 aliphatic rings. The van der Waals surface area contributed by atoms with Gasteiger partial charge in [0.05, 0.1) is 29.4 Å². The predicted molar refractivity (Wildman–Crippen MR) is 90.5 cm³/mol. The van der Waals surface area contributed by atoms with Gasteiger partial charge in [0.15, 0.2) is 5.75 Å². The van der Waals surface area contributed by atoms with Gasteiger partial charge < -0.3 is 9.84 Å². The fourth-order valence-corrected chi connectivity index (χ4v) is 2.40. The Balaban J connectivity index is 2.25. The topological polar surface area (TPSA) is 114 Å². The third kappa shape index (κ3) is 3.69. The van der Waals surface area contributed by atoms with Crippen LogP contribution >= 0.6 is 15.9 Å². The zero-order chi connectivity index (χ0) is 17.7. The van der Waals surface area contributed by atoms with Crippen molar-refractivity contribution in [3.63, 3.8) is 0 Å². The maximum absolute atomic E-state index is 12.0. The molecule has 0 spiro atoms. The number of carbonyl (C=O) groups excluding carboxylic acids is 1. The Labute approximate surface area is 145 Å². The minimum atomic E-state index is -0.699. The number of phenolic OH excluding ortho intramolecular Hbond substituents is 1. The summed E-state index contributed by atoms with van der Waals surface area (Å²) in [6.07, 6.45) is 1.11. The van der Waals surface area contributed by atoms with E-state index in [-0.39, 0.29) is 17.1 Å². The van der Waals surface area contributed by atoms with Crippen molar-refractivity contribution in [2.24, 2.45) is 5.10 Å².